The van der Waals surface area contributed by atoms with Gasteiger partial charge in [0.25, 0.3) is 0 Å². The van der Waals surface area contributed by atoms with Crippen molar-refractivity contribution in [2.24, 2.45) is 0 Å². The van der Waals surface area contributed by atoms with Crippen LogP contribution in [-0.4, -0.2) is 64.7 Å². The Bertz CT molecular complexity index is 749. The molecule has 0 radical (unpaired) electrons. The standard InChI is InChI=1S/C17H18N4O4/c22-15(10-20-6-7-24-17(20)23)21-8-13(12-4-2-1-3-5-12)14(9-21)16-18-11-25-19-16/h1-5,11,13-14H,6-10H2/t13-,14+/m1/s1. The second-order valence-corrected chi connectivity index (χ2v) is 6.25. The highest BCUT2D eigenvalue weighted by Gasteiger charge is 2.40. The zero-order valence-electron chi connectivity index (χ0n) is 13.6. The molecule has 130 valence electrons. The molecule has 2 aromatic rings. The number of cyclic esters (lactones) is 1. The molecule has 3 heterocycles. The first-order chi connectivity index (χ1) is 12.2. The smallest absolute Gasteiger partial charge is 0.410 e. The fourth-order valence-electron chi connectivity index (χ4n) is 3.48. The monoisotopic (exact) mass is 342 g/mol. The van der Waals surface area contributed by atoms with Crippen molar-refractivity contribution >= 4 is 12.0 Å². The topological polar surface area (TPSA) is 88.8 Å². The Labute approximate surface area is 144 Å². The Morgan fingerprint density at radius 1 is 1.20 bits per heavy atom. The van der Waals surface area contributed by atoms with Gasteiger partial charge in [0, 0.05) is 24.9 Å². The third kappa shape index (κ3) is 3.07. The summed E-state index contributed by atoms with van der Waals surface area (Å²) in [6, 6.07) is 10.0. The van der Waals surface area contributed by atoms with Crippen LogP contribution in [0.2, 0.25) is 0 Å². The predicted molar refractivity (Wildman–Crippen MR) is 85.7 cm³/mol. The van der Waals surface area contributed by atoms with Gasteiger partial charge in [-0.25, -0.2) is 4.79 Å². The van der Waals surface area contributed by atoms with Crippen molar-refractivity contribution < 1.29 is 18.8 Å². The minimum atomic E-state index is -0.429. The van der Waals surface area contributed by atoms with E-state index in [9.17, 15) is 9.59 Å². The molecule has 2 aliphatic rings. The van der Waals surface area contributed by atoms with E-state index in [1.807, 2.05) is 30.3 Å². The maximum atomic E-state index is 12.7. The fraction of sp³-hybridized carbons (Fsp3) is 0.412. The molecule has 8 heteroatoms. The number of amides is 2. The zero-order valence-corrected chi connectivity index (χ0v) is 13.6. The van der Waals surface area contributed by atoms with E-state index in [-0.39, 0.29) is 24.3 Å². The Kier molecular flexibility index (Phi) is 4.09. The van der Waals surface area contributed by atoms with Gasteiger partial charge in [0.2, 0.25) is 12.3 Å². The second kappa shape index (κ2) is 6.54. The fourth-order valence-corrected chi connectivity index (χ4v) is 3.48. The summed E-state index contributed by atoms with van der Waals surface area (Å²) < 4.78 is 9.78. The minimum absolute atomic E-state index is 0.0318. The number of benzene rings is 1. The van der Waals surface area contributed by atoms with Crippen LogP contribution in [0.3, 0.4) is 0 Å². The minimum Gasteiger partial charge on any atom is -0.448 e. The Balaban J connectivity index is 1.53. The molecule has 2 atom stereocenters. The second-order valence-electron chi connectivity index (χ2n) is 6.25. The van der Waals surface area contributed by atoms with Crippen LogP contribution >= 0.6 is 0 Å². The van der Waals surface area contributed by atoms with Crippen LogP contribution < -0.4 is 0 Å². The van der Waals surface area contributed by atoms with Crippen molar-refractivity contribution in [2.45, 2.75) is 11.8 Å². The summed E-state index contributed by atoms with van der Waals surface area (Å²) >= 11 is 0. The van der Waals surface area contributed by atoms with Crippen molar-refractivity contribution in [3.63, 3.8) is 0 Å². The SMILES string of the molecule is O=C(CN1CCOC1=O)N1C[C@H](c2ccccc2)[C@@H](c2ncon2)C1. The summed E-state index contributed by atoms with van der Waals surface area (Å²) in [5.41, 5.74) is 1.13. The van der Waals surface area contributed by atoms with E-state index < -0.39 is 6.09 Å². The molecule has 0 bridgehead atoms. The molecule has 0 spiro atoms. The lowest BCUT2D eigenvalue weighted by molar-refractivity contribution is -0.130. The van der Waals surface area contributed by atoms with Crippen LogP contribution in [0.15, 0.2) is 41.2 Å². The number of rotatable bonds is 4. The molecule has 2 saturated heterocycles. The highest BCUT2D eigenvalue weighted by Crippen LogP contribution is 2.38. The van der Waals surface area contributed by atoms with Gasteiger partial charge in [-0.15, -0.1) is 0 Å². The van der Waals surface area contributed by atoms with Crippen LogP contribution in [-0.2, 0) is 9.53 Å². The summed E-state index contributed by atoms with van der Waals surface area (Å²) in [5.74, 6) is 0.569. The summed E-state index contributed by atoms with van der Waals surface area (Å²) in [6.07, 6.45) is 0.879. The van der Waals surface area contributed by atoms with Crippen LogP contribution in [0, 0.1) is 0 Å². The molecular weight excluding hydrogens is 324 g/mol. The molecule has 1 aromatic heterocycles. The molecule has 4 rings (SSSR count). The third-order valence-electron chi connectivity index (χ3n) is 4.78. The summed E-state index contributed by atoms with van der Waals surface area (Å²) in [6.45, 7) is 1.89. The lowest BCUT2D eigenvalue weighted by Gasteiger charge is -2.19. The van der Waals surface area contributed by atoms with Gasteiger partial charge >= 0.3 is 6.09 Å². The van der Waals surface area contributed by atoms with Gasteiger partial charge in [-0.2, -0.15) is 4.98 Å². The van der Waals surface area contributed by atoms with Crippen LogP contribution in [0.25, 0.3) is 0 Å². The van der Waals surface area contributed by atoms with Crippen LogP contribution in [0.4, 0.5) is 4.79 Å². The number of likely N-dealkylation sites (tertiary alicyclic amines) is 1. The van der Waals surface area contributed by atoms with Crippen molar-refractivity contribution in [2.75, 3.05) is 32.8 Å². The normalized spacial score (nSPS) is 23.1. The van der Waals surface area contributed by atoms with E-state index in [1.54, 1.807) is 4.90 Å². The lowest BCUT2D eigenvalue weighted by atomic mass is 9.88. The number of ether oxygens (including phenoxy) is 1. The zero-order chi connectivity index (χ0) is 17.2. The number of hydrogen-bond donors (Lipinski definition) is 0. The maximum Gasteiger partial charge on any atom is 0.410 e. The Hall–Kier alpha value is -2.90. The average molecular weight is 342 g/mol. The van der Waals surface area contributed by atoms with Gasteiger partial charge in [-0.3, -0.25) is 9.69 Å². The van der Waals surface area contributed by atoms with Gasteiger partial charge in [0.05, 0.1) is 6.54 Å². The predicted octanol–water partition coefficient (Wildman–Crippen LogP) is 1.23. The van der Waals surface area contributed by atoms with Crippen molar-refractivity contribution in [1.29, 1.82) is 0 Å². The van der Waals surface area contributed by atoms with Gasteiger partial charge < -0.3 is 14.2 Å². The molecule has 2 fully saturated rings. The highest BCUT2D eigenvalue weighted by molar-refractivity contribution is 5.83. The molecule has 2 amide bonds. The summed E-state index contributed by atoms with van der Waals surface area (Å²) in [4.78, 5) is 31.6. The summed E-state index contributed by atoms with van der Waals surface area (Å²) in [5, 5.41) is 3.97. The molecular formula is C17H18N4O4. The van der Waals surface area contributed by atoms with Gasteiger partial charge in [0.1, 0.15) is 13.2 Å². The molecule has 0 saturated carbocycles. The Morgan fingerprint density at radius 3 is 2.68 bits per heavy atom. The lowest BCUT2D eigenvalue weighted by Crippen LogP contribution is -2.39. The van der Waals surface area contributed by atoms with Crippen molar-refractivity contribution in [1.82, 2.24) is 19.9 Å². The highest BCUT2D eigenvalue weighted by atomic mass is 16.6. The first kappa shape index (κ1) is 15.6. The van der Waals surface area contributed by atoms with Gasteiger partial charge in [-0.1, -0.05) is 35.5 Å². The first-order valence-corrected chi connectivity index (χ1v) is 8.23. The molecule has 1 aromatic carbocycles. The quantitative estimate of drug-likeness (QED) is 0.830. The largest absolute Gasteiger partial charge is 0.448 e. The van der Waals surface area contributed by atoms with E-state index in [1.165, 1.54) is 11.3 Å². The number of hydrogen-bond acceptors (Lipinski definition) is 6. The molecule has 0 unspecified atom stereocenters. The van der Waals surface area contributed by atoms with E-state index in [2.05, 4.69) is 10.1 Å². The third-order valence-corrected chi connectivity index (χ3v) is 4.78. The molecule has 2 aliphatic heterocycles. The van der Waals surface area contributed by atoms with Crippen molar-refractivity contribution in [3.05, 3.63) is 48.1 Å². The maximum absolute atomic E-state index is 12.7. The van der Waals surface area contributed by atoms with E-state index in [4.69, 9.17) is 9.26 Å². The molecule has 8 nitrogen and oxygen atoms in total. The van der Waals surface area contributed by atoms with Crippen LogP contribution in [0.5, 0.6) is 0 Å². The molecule has 0 N–H and O–H groups in total. The van der Waals surface area contributed by atoms with Crippen LogP contribution in [0.1, 0.15) is 23.2 Å². The summed E-state index contributed by atoms with van der Waals surface area (Å²) in [7, 11) is 0. The van der Waals surface area contributed by atoms with E-state index in [0.717, 1.165) is 5.56 Å². The Morgan fingerprint density at radius 2 is 2.00 bits per heavy atom. The van der Waals surface area contributed by atoms with E-state index in [0.29, 0.717) is 32.1 Å². The van der Waals surface area contributed by atoms with Gasteiger partial charge in [-0.05, 0) is 5.56 Å². The molecule has 25 heavy (non-hydrogen) atoms. The number of carbonyl (C=O) groups is 2. The first-order valence-electron chi connectivity index (χ1n) is 8.23. The number of nitrogens with zero attached hydrogens (tertiary/aromatic N) is 4. The molecule has 0 aliphatic carbocycles. The van der Waals surface area contributed by atoms with Crippen molar-refractivity contribution in [3.8, 4) is 0 Å². The van der Waals surface area contributed by atoms with Gasteiger partial charge in [0.15, 0.2) is 5.82 Å². The number of aromatic nitrogens is 2. The van der Waals surface area contributed by atoms with E-state index >= 15 is 0 Å². The average Bonchev–Trinajstić information content (AvgIpc) is 3.36. The number of carbonyl (C=O) groups excluding carboxylic acids is 2.